The van der Waals surface area contributed by atoms with Crippen LogP contribution in [0.2, 0.25) is 10.0 Å². The van der Waals surface area contributed by atoms with E-state index in [1.54, 1.807) is 37.3 Å². The number of hydrogen-bond acceptors (Lipinski definition) is 5. The van der Waals surface area contributed by atoms with Gasteiger partial charge >= 0.3 is 0 Å². The highest BCUT2D eigenvalue weighted by Crippen LogP contribution is 2.26. The average molecular weight is 486 g/mol. The molecule has 0 unspecified atom stereocenters. The Bertz CT molecular complexity index is 1020. The van der Waals surface area contributed by atoms with Crippen LogP contribution in [0.15, 0.2) is 30.3 Å². The van der Waals surface area contributed by atoms with E-state index < -0.39 is 42.8 Å². The maximum Gasteiger partial charge on any atom is 0.262 e. The van der Waals surface area contributed by atoms with Crippen molar-refractivity contribution in [2.45, 2.75) is 44.3 Å². The SMILES string of the molecule is Cc1nc(N)ccc1CNC(=O)[C@@H](Cc1ccc(Cl)c(Cl)c1)NC(=O)[C@@H]1CC(F)(F)CN1. The van der Waals surface area contributed by atoms with E-state index in [0.717, 1.165) is 5.56 Å². The number of nitrogens with one attached hydrogen (secondary N) is 3. The van der Waals surface area contributed by atoms with Crippen molar-refractivity contribution in [3.63, 3.8) is 0 Å². The summed E-state index contributed by atoms with van der Waals surface area (Å²) in [5.41, 5.74) is 7.71. The Kier molecular flexibility index (Phi) is 7.53. The minimum Gasteiger partial charge on any atom is -0.384 e. The Morgan fingerprint density at radius 2 is 2.03 bits per heavy atom. The van der Waals surface area contributed by atoms with Crippen LogP contribution in [-0.4, -0.2) is 41.3 Å². The number of nitrogens with zero attached hydrogens (tertiary/aromatic N) is 1. The number of nitrogen functional groups attached to an aromatic ring is 1. The number of alkyl halides is 2. The number of aryl methyl sites for hydroxylation is 1. The first-order chi connectivity index (χ1) is 15.0. The molecular formula is C21H23Cl2F2N5O2. The summed E-state index contributed by atoms with van der Waals surface area (Å²) < 4.78 is 27.0. The normalized spacial score (nSPS) is 18.2. The van der Waals surface area contributed by atoms with Crippen molar-refractivity contribution < 1.29 is 18.4 Å². The second-order valence-corrected chi connectivity index (χ2v) is 8.52. The number of rotatable bonds is 7. The summed E-state index contributed by atoms with van der Waals surface area (Å²) in [5, 5.41) is 8.48. The van der Waals surface area contributed by atoms with Gasteiger partial charge in [-0.3, -0.25) is 14.9 Å². The highest BCUT2D eigenvalue weighted by molar-refractivity contribution is 6.42. The number of pyridine rings is 1. The van der Waals surface area contributed by atoms with Gasteiger partial charge in [0.05, 0.1) is 22.6 Å². The number of anilines is 1. The molecule has 1 aliphatic rings. The van der Waals surface area contributed by atoms with Gasteiger partial charge in [0.25, 0.3) is 5.92 Å². The van der Waals surface area contributed by atoms with Gasteiger partial charge in [-0.15, -0.1) is 0 Å². The molecule has 0 bridgehead atoms. The predicted octanol–water partition coefficient (Wildman–Crippen LogP) is 2.62. The van der Waals surface area contributed by atoms with Gasteiger partial charge < -0.3 is 16.4 Å². The fourth-order valence-electron chi connectivity index (χ4n) is 3.39. The summed E-state index contributed by atoms with van der Waals surface area (Å²) in [6.45, 7) is 1.34. The van der Waals surface area contributed by atoms with Crippen LogP contribution in [0, 0.1) is 6.92 Å². The highest BCUT2D eigenvalue weighted by atomic mass is 35.5. The number of aromatic nitrogens is 1. The van der Waals surface area contributed by atoms with E-state index >= 15 is 0 Å². The number of hydrogen-bond donors (Lipinski definition) is 4. The molecule has 0 spiro atoms. The number of halogens is 4. The summed E-state index contributed by atoms with van der Waals surface area (Å²) in [6, 6.07) is 6.11. The van der Waals surface area contributed by atoms with Crippen molar-refractivity contribution >= 4 is 40.8 Å². The van der Waals surface area contributed by atoms with Crippen molar-refractivity contribution in [2.24, 2.45) is 0 Å². The van der Waals surface area contributed by atoms with E-state index in [9.17, 15) is 18.4 Å². The maximum absolute atomic E-state index is 13.5. The minimum atomic E-state index is -2.97. The van der Waals surface area contributed by atoms with E-state index in [-0.39, 0.29) is 13.0 Å². The number of carbonyl (C=O) groups excluding carboxylic acids is 2. The second kappa shape index (κ2) is 9.97. The van der Waals surface area contributed by atoms with E-state index in [4.69, 9.17) is 28.9 Å². The molecule has 0 aliphatic carbocycles. The average Bonchev–Trinajstić information content (AvgIpc) is 3.09. The van der Waals surface area contributed by atoms with Crippen molar-refractivity contribution in [3.05, 3.63) is 57.2 Å². The molecule has 1 aromatic carbocycles. The van der Waals surface area contributed by atoms with E-state index in [1.165, 1.54) is 0 Å². The van der Waals surface area contributed by atoms with E-state index in [1.807, 2.05) is 0 Å². The van der Waals surface area contributed by atoms with Gasteiger partial charge in [-0.05, 0) is 36.2 Å². The molecule has 1 aromatic heterocycles. The molecule has 1 saturated heterocycles. The molecule has 0 radical (unpaired) electrons. The molecule has 2 atom stereocenters. The van der Waals surface area contributed by atoms with Crippen LogP contribution >= 0.6 is 23.2 Å². The summed E-state index contributed by atoms with van der Waals surface area (Å²) in [4.78, 5) is 29.6. The summed E-state index contributed by atoms with van der Waals surface area (Å²) >= 11 is 12.0. The zero-order chi connectivity index (χ0) is 23.5. The number of carbonyl (C=O) groups is 2. The third kappa shape index (κ3) is 6.27. The molecule has 2 aromatic rings. The molecular weight excluding hydrogens is 463 g/mol. The molecule has 172 valence electrons. The molecule has 1 aliphatic heterocycles. The van der Waals surface area contributed by atoms with E-state index in [2.05, 4.69) is 20.9 Å². The zero-order valence-electron chi connectivity index (χ0n) is 17.2. The fourth-order valence-corrected chi connectivity index (χ4v) is 3.71. The Balaban J connectivity index is 1.73. The summed E-state index contributed by atoms with van der Waals surface area (Å²) in [5.74, 6) is -3.76. The van der Waals surface area contributed by atoms with Crippen LogP contribution in [0.3, 0.4) is 0 Å². The first-order valence-electron chi connectivity index (χ1n) is 9.89. The van der Waals surface area contributed by atoms with Gasteiger partial charge in [-0.1, -0.05) is 35.3 Å². The molecule has 1 fully saturated rings. The van der Waals surface area contributed by atoms with Crippen LogP contribution in [0.5, 0.6) is 0 Å². The molecule has 2 heterocycles. The lowest BCUT2D eigenvalue weighted by Crippen LogP contribution is -2.52. The first kappa shape index (κ1) is 24.2. The smallest absolute Gasteiger partial charge is 0.262 e. The van der Waals surface area contributed by atoms with Gasteiger partial charge in [0, 0.05) is 25.1 Å². The molecule has 11 heteroatoms. The maximum atomic E-state index is 13.5. The number of nitrogens with two attached hydrogens (primary N) is 1. The predicted molar refractivity (Wildman–Crippen MR) is 119 cm³/mol. The molecule has 7 nitrogen and oxygen atoms in total. The lowest BCUT2D eigenvalue weighted by Gasteiger charge is -2.21. The van der Waals surface area contributed by atoms with Crippen molar-refractivity contribution in [1.29, 1.82) is 0 Å². The second-order valence-electron chi connectivity index (χ2n) is 7.71. The monoisotopic (exact) mass is 485 g/mol. The summed E-state index contributed by atoms with van der Waals surface area (Å²) in [6.07, 6.45) is -0.535. The Morgan fingerprint density at radius 1 is 1.28 bits per heavy atom. The van der Waals surface area contributed by atoms with Crippen LogP contribution in [-0.2, 0) is 22.6 Å². The van der Waals surface area contributed by atoms with Crippen LogP contribution in [0.4, 0.5) is 14.6 Å². The van der Waals surface area contributed by atoms with Crippen molar-refractivity contribution in [1.82, 2.24) is 20.9 Å². The largest absolute Gasteiger partial charge is 0.384 e. The number of amides is 2. The Hall–Kier alpha value is -2.49. The third-order valence-corrected chi connectivity index (χ3v) is 5.89. The van der Waals surface area contributed by atoms with Gasteiger partial charge in [0.1, 0.15) is 11.9 Å². The Morgan fingerprint density at radius 3 is 2.66 bits per heavy atom. The lowest BCUT2D eigenvalue weighted by atomic mass is 10.0. The molecule has 0 saturated carbocycles. The van der Waals surface area contributed by atoms with Gasteiger partial charge in [0.2, 0.25) is 11.8 Å². The van der Waals surface area contributed by atoms with Gasteiger partial charge in [0.15, 0.2) is 0 Å². The molecule has 2 amide bonds. The van der Waals surface area contributed by atoms with Crippen LogP contribution in [0.1, 0.15) is 23.2 Å². The standard InChI is InChI=1S/C21H23Cl2F2N5O2/c1-11-13(3-5-18(26)29-11)9-27-19(31)16(7-12-2-4-14(22)15(23)6-12)30-20(32)17-8-21(24,25)10-28-17/h2-6,16-17,28H,7-10H2,1H3,(H2,26,29)(H,27,31)(H,30,32)/t16-,17+/m1/s1. The molecule has 5 N–H and O–H groups in total. The van der Waals surface area contributed by atoms with E-state index in [0.29, 0.717) is 27.1 Å². The minimum absolute atomic E-state index is 0.0938. The Labute approximate surface area is 194 Å². The zero-order valence-corrected chi connectivity index (χ0v) is 18.7. The summed E-state index contributed by atoms with van der Waals surface area (Å²) in [7, 11) is 0. The first-order valence-corrected chi connectivity index (χ1v) is 10.6. The van der Waals surface area contributed by atoms with Crippen LogP contribution in [0.25, 0.3) is 0 Å². The quantitative estimate of drug-likeness (QED) is 0.481. The van der Waals surface area contributed by atoms with Gasteiger partial charge in [-0.2, -0.15) is 0 Å². The van der Waals surface area contributed by atoms with Crippen molar-refractivity contribution in [3.8, 4) is 0 Å². The topological polar surface area (TPSA) is 109 Å². The molecule has 32 heavy (non-hydrogen) atoms. The number of benzene rings is 1. The van der Waals surface area contributed by atoms with Crippen molar-refractivity contribution in [2.75, 3.05) is 12.3 Å². The third-order valence-electron chi connectivity index (χ3n) is 5.15. The lowest BCUT2D eigenvalue weighted by molar-refractivity contribution is -0.130. The highest BCUT2D eigenvalue weighted by Gasteiger charge is 2.43. The van der Waals surface area contributed by atoms with Gasteiger partial charge in [-0.25, -0.2) is 13.8 Å². The molecule has 3 rings (SSSR count). The fraction of sp³-hybridized carbons (Fsp3) is 0.381. The van der Waals surface area contributed by atoms with Crippen LogP contribution < -0.4 is 21.7 Å².